The Kier molecular flexibility index (Phi) is 5.13. The molecule has 5 aliphatic rings. The van der Waals surface area contributed by atoms with Gasteiger partial charge in [0.2, 0.25) is 5.95 Å². The molecule has 1 aromatic heterocycles. The quantitative estimate of drug-likeness (QED) is 0.752. The van der Waals surface area contributed by atoms with E-state index in [1.54, 1.807) is 0 Å². The summed E-state index contributed by atoms with van der Waals surface area (Å²) in [4.78, 5) is 27.2. The van der Waals surface area contributed by atoms with E-state index in [0.29, 0.717) is 54.0 Å². The first-order valence-electron chi connectivity index (χ1n) is 11.9. The van der Waals surface area contributed by atoms with Crippen LogP contribution in [0.15, 0.2) is 12.4 Å². The summed E-state index contributed by atoms with van der Waals surface area (Å²) in [6.07, 6.45) is 12.2. The van der Waals surface area contributed by atoms with E-state index in [4.69, 9.17) is 9.97 Å². The Labute approximate surface area is 175 Å². The summed E-state index contributed by atoms with van der Waals surface area (Å²) in [5.74, 6) is 3.52. The molecule has 6 atom stereocenters. The molecular formula is C24H36N4O. The molecule has 0 N–H and O–H groups in total. The molecule has 158 valence electrons. The lowest BCUT2D eigenvalue weighted by Crippen LogP contribution is -2.56. The first kappa shape index (κ1) is 19.5. The third-order valence-electron chi connectivity index (χ3n) is 8.48. The monoisotopic (exact) mass is 396 g/mol. The minimum absolute atomic E-state index is 0.322. The van der Waals surface area contributed by atoms with E-state index < -0.39 is 0 Å². The fraction of sp³-hybridized carbons (Fsp3) is 0.792. The van der Waals surface area contributed by atoms with Crippen LogP contribution < -0.4 is 4.90 Å². The fourth-order valence-corrected chi connectivity index (χ4v) is 6.84. The van der Waals surface area contributed by atoms with Gasteiger partial charge in [-0.15, -0.1) is 0 Å². The van der Waals surface area contributed by atoms with Crippen LogP contribution in [0.4, 0.5) is 5.95 Å². The molecule has 3 saturated carbocycles. The largest absolute Gasteiger partial charge is 0.332 e. The normalized spacial score (nSPS) is 36.8. The number of likely N-dealkylation sites (tertiary alicyclic amines) is 1. The second kappa shape index (κ2) is 7.64. The molecule has 4 bridgehead atoms. The molecular weight excluding hydrogens is 360 g/mol. The van der Waals surface area contributed by atoms with Gasteiger partial charge in [-0.1, -0.05) is 6.92 Å². The van der Waals surface area contributed by atoms with E-state index in [1.165, 1.54) is 31.2 Å². The Morgan fingerprint density at radius 3 is 2.24 bits per heavy atom. The van der Waals surface area contributed by atoms with E-state index >= 15 is 0 Å². The number of Topliss-reactive ketones (excluding diaryl/α,β-unsaturated/α-hetero) is 1. The number of hydrogen-bond donors (Lipinski definition) is 0. The minimum Gasteiger partial charge on any atom is -0.332 e. The molecule has 4 unspecified atom stereocenters. The van der Waals surface area contributed by atoms with Crippen molar-refractivity contribution in [1.82, 2.24) is 14.9 Å². The maximum atomic E-state index is 12.3. The lowest BCUT2D eigenvalue weighted by Gasteiger charge is -2.47. The van der Waals surface area contributed by atoms with Crippen molar-refractivity contribution in [3.63, 3.8) is 0 Å². The second-order valence-electron chi connectivity index (χ2n) is 10.3. The summed E-state index contributed by atoms with van der Waals surface area (Å²) in [5.41, 5.74) is 1.30. The molecule has 5 fully saturated rings. The molecule has 3 heterocycles. The zero-order valence-corrected chi connectivity index (χ0v) is 18.3. The summed E-state index contributed by atoms with van der Waals surface area (Å²) in [5, 5.41) is 0. The van der Waals surface area contributed by atoms with E-state index in [9.17, 15) is 4.79 Å². The standard InChI is InChI=1S/C24H36N4O/c1-4-23(29)22-10-16-5-6-17(22)9-21(16)18-11-25-24(26-12-18)28-19-7-8-20(28)14-27(13-19)15(2)3/h11-12,15-17,19-22H,4-10,13-14H2,1-3H3/t16?,17?,19?,20?,21-,22+/m0/s1. The van der Waals surface area contributed by atoms with Gasteiger partial charge in [0.05, 0.1) is 0 Å². The van der Waals surface area contributed by atoms with Crippen LogP contribution in [0.3, 0.4) is 0 Å². The van der Waals surface area contributed by atoms with Gasteiger partial charge in [-0.3, -0.25) is 9.69 Å². The van der Waals surface area contributed by atoms with Crippen LogP contribution in [0.2, 0.25) is 0 Å². The van der Waals surface area contributed by atoms with Gasteiger partial charge in [0, 0.05) is 55.9 Å². The number of nitrogens with zero attached hydrogens (tertiary/aromatic N) is 4. The third-order valence-corrected chi connectivity index (χ3v) is 8.48. The number of fused-ring (bicyclic) bond motifs is 5. The highest BCUT2D eigenvalue weighted by Crippen LogP contribution is 2.52. The van der Waals surface area contributed by atoms with E-state index in [2.05, 4.69) is 36.0 Å². The Morgan fingerprint density at radius 2 is 1.69 bits per heavy atom. The van der Waals surface area contributed by atoms with Gasteiger partial charge in [-0.05, 0) is 75.7 Å². The highest BCUT2D eigenvalue weighted by molar-refractivity contribution is 5.81. The van der Waals surface area contributed by atoms with Gasteiger partial charge in [-0.2, -0.15) is 0 Å². The van der Waals surface area contributed by atoms with E-state index in [1.807, 2.05) is 6.92 Å². The van der Waals surface area contributed by atoms with Gasteiger partial charge < -0.3 is 4.90 Å². The predicted molar refractivity (Wildman–Crippen MR) is 115 cm³/mol. The van der Waals surface area contributed by atoms with Gasteiger partial charge >= 0.3 is 0 Å². The molecule has 2 aliphatic heterocycles. The predicted octanol–water partition coefficient (Wildman–Crippen LogP) is 4.04. The van der Waals surface area contributed by atoms with Crippen molar-refractivity contribution < 1.29 is 4.79 Å². The van der Waals surface area contributed by atoms with Crippen LogP contribution in [0, 0.1) is 17.8 Å². The molecule has 3 aliphatic carbocycles. The van der Waals surface area contributed by atoms with E-state index in [0.717, 1.165) is 31.9 Å². The maximum Gasteiger partial charge on any atom is 0.225 e. The Balaban J connectivity index is 1.29. The first-order valence-corrected chi connectivity index (χ1v) is 11.9. The zero-order chi connectivity index (χ0) is 20.1. The molecule has 6 rings (SSSR count). The smallest absolute Gasteiger partial charge is 0.225 e. The van der Waals surface area contributed by atoms with E-state index in [-0.39, 0.29) is 0 Å². The number of aromatic nitrogens is 2. The zero-order valence-electron chi connectivity index (χ0n) is 18.3. The van der Waals surface area contributed by atoms with Crippen LogP contribution in [0.5, 0.6) is 0 Å². The SMILES string of the molecule is CCC(=O)[C@@H]1CC2CCC1C[C@@H]2c1cnc(N2C3CCC2CN(C(C)C)C3)nc1. The Hall–Kier alpha value is -1.49. The topological polar surface area (TPSA) is 49.3 Å². The lowest BCUT2D eigenvalue weighted by atomic mass is 9.57. The number of carbonyl (C=O) groups is 1. The highest BCUT2D eigenvalue weighted by atomic mass is 16.1. The molecule has 0 amide bonds. The third kappa shape index (κ3) is 3.39. The second-order valence-corrected chi connectivity index (χ2v) is 10.3. The van der Waals surface area contributed by atoms with Crippen molar-refractivity contribution in [3.8, 4) is 0 Å². The van der Waals surface area contributed by atoms with Crippen molar-refractivity contribution in [3.05, 3.63) is 18.0 Å². The summed E-state index contributed by atoms with van der Waals surface area (Å²) < 4.78 is 0. The van der Waals surface area contributed by atoms with Crippen LogP contribution >= 0.6 is 0 Å². The summed E-state index contributed by atoms with van der Waals surface area (Å²) in [6.45, 7) is 8.90. The Morgan fingerprint density at radius 1 is 1.03 bits per heavy atom. The fourth-order valence-electron chi connectivity index (χ4n) is 6.84. The van der Waals surface area contributed by atoms with Crippen molar-refractivity contribution in [2.24, 2.45) is 17.8 Å². The van der Waals surface area contributed by atoms with Gasteiger partial charge in [0.15, 0.2) is 0 Å². The average Bonchev–Trinajstić information content (AvgIpc) is 3.02. The van der Waals surface area contributed by atoms with Gasteiger partial charge in [0.25, 0.3) is 0 Å². The number of piperazine rings is 1. The Bertz CT molecular complexity index is 734. The van der Waals surface area contributed by atoms with Crippen molar-refractivity contribution in [1.29, 1.82) is 0 Å². The minimum atomic E-state index is 0.322. The molecule has 5 nitrogen and oxygen atoms in total. The molecule has 0 radical (unpaired) electrons. The molecule has 29 heavy (non-hydrogen) atoms. The van der Waals surface area contributed by atoms with Crippen LogP contribution in [-0.4, -0.2) is 51.9 Å². The number of rotatable bonds is 5. The molecule has 5 heteroatoms. The van der Waals surface area contributed by atoms with Crippen molar-refractivity contribution in [2.45, 2.75) is 89.8 Å². The van der Waals surface area contributed by atoms with Crippen molar-refractivity contribution >= 4 is 11.7 Å². The molecule has 0 aromatic carbocycles. The van der Waals surface area contributed by atoms with Crippen molar-refractivity contribution in [2.75, 3.05) is 18.0 Å². The molecule has 0 spiro atoms. The summed E-state index contributed by atoms with van der Waals surface area (Å²) in [7, 11) is 0. The number of carbonyl (C=O) groups excluding carboxylic acids is 1. The molecule has 2 saturated heterocycles. The number of anilines is 1. The van der Waals surface area contributed by atoms with Crippen LogP contribution in [-0.2, 0) is 4.79 Å². The number of ketones is 1. The van der Waals surface area contributed by atoms with Gasteiger partial charge in [0.1, 0.15) is 5.78 Å². The molecule has 1 aromatic rings. The van der Waals surface area contributed by atoms with Crippen LogP contribution in [0.1, 0.15) is 77.2 Å². The number of hydrogen-bond acceptors (Lipinski definition) is 5. The highest BCUT2D eigenvalue weighted by Gasteiger charge is 2.45. The summed E-state index contributed by atoms with van der Waals surface area (Å²) in [6, 6.07) is 1.75. The maximum absolute atomic E-state index is 12.3. The summed E-state index contributed by atoms with van der Waals surface area (Å²) >= 11 is 0. The average molecular weight is 397 g/mol. The lowest BCUT2D eigenvalue weighted by molar-refractivity contribution is -0.128. The van der Waals surface area contributed by atoms with Crippen LogP contribution in [0.25, 0.3) is 0 Å². The first-order chi connectivity index (χ1) is 14.0. The van der Waals surface area contributed by atoms with Gasteiger partial charge in [-0.25, -0.2) is 9.97 Å².